The first kappa shape index (κ1) is 46.6. The lowest BCUT2D eigenvalue weighted by atomic mass is 10.1. The number of carbonyl (C=O) groups is 3. The average molecular weight is 645 g/mol. The molecule has 1 unspecified atom stereocenters. The van der Waals surface area contributed by atoms with E-state index in [4.69, 9.17) is 15.3 Å². The van der Waals surface area contributed by atoms with Gasteiger partial charge in [-0.15, -0.1) is 13.2 Å². The van der Waals surface area contributed by atoms with Crippen LogP contribution in [0.25, 0.3) is 0 Å². The summed E-state index contributed by atoms with van der Waals surface area (Å²) in [6.45, 7) is 16.8. The molecule has 0 aliphatic carbocycles. The molecular formula is C37H64N4O5. The van der Waals surface area contributed by atoms with Crippen LogP contribution in [0.5, 0.6) is 0 Å². The number of nitrogens with two attached hydrogens (primary N) is 1. The Kier molecular flexibility index (Phi) is 39.7. The third kappa shape index (κ3) is 38.2. The van der Waals surface area contributed by atoms with Crippen molar-refractivity contribution in [3.8, 4) is 0 Å². The molecule has 0 aliphatic rings. The number of carbonyl (C=O) groups excluding carboxylic acids is 3. The van der Waals surface area contributed by atoms with Crippen molar-refractivity contribution in [3.63, 3.8) is 0 Å². The van der Waals surface area contributed by atoms with Gasteiger partial charge in [-0.25, -0.2) is 0 Å². The van der Waals surface area contributed by atoms with Crippen molar-refractivity contribution < 1.29 is 23.9 Å². The number of amides is 2. The third-order valence-corrected chi connectivity index (χ3v) is 5.93. The monoisotopic (exact) mass is 644 g/mol. The number of benzene rings is 1. The molecule has 2 amide bonds. The minimum Gasteiger partial charge on any atom is -0.471 e. The molecule has 9 heteroatoms. The van der Waals surface area contributed by atoms with Crippen LogP contribution in [0, 0.1) is 0 Å². The summed E-state index contributed by atoms with van der Waals surface area (Å²) in [5.41, 5.74) is 7.77. The lowest BCUT2D eigenvalue weighted by Gasteiger charge is -2.14. The quantitative estimate of drug-likeness (QED) is 0.0489. The number of nitrogens with one attached hydrogen (secondary N) is 3. The molecule has 46 heavy (non-hydrogen) atoms. The van der Waals surface area contributed by atoms with E-state index in [1.165, 1.54) is 12.7 Å². The van der Waals surface area contributed by atoms with Crippen LogP contribution in [0.1, 0.15) is 91.0 Å². The molecule has 0 fully saturated rings. The summed E-state index contributed by atoms with van der Waals surface area (Å²) in [7, 11) is 1.31. The Morgan fingerprint density at radius 3 is 2.24 bits per heavy atom. The van der Waals surface area contributed by atoms with Crippen LogP contribution in [0.2, 0.25) is 0 Å². The highest BCUT2D eigenvalue weighted by Gasteiger charge is 2.09. The molecule has 0 spiro atoms. The number of hydrogen-bond donors (Lipinski definition) is 4. The summed E-state index contributed by atoms with van der Waals surface area (Å²) in [4.78, 5) is 32.9. The van der Waals surface area contributed by atoms with Crippen molar-refractivity contribution in [2.24, 2.45) is 5.73 Å². The summed E-state index contributed by atoms with van der Waals surface area (Å²) < 4.78 is 9.44. The van der Waals surface area contributed by atoms with Crippen LogP contribution in [0.3, 0.4) is 0 Å². The molecule has 262 valence electrons. The fraction of sp³-hybridized carbons (Fsp3) is 0.541. The Bertz CT molecular complexity index is 920. The van der Waals surface area contributed by atoms with Crippen LogP contribution >= 0.6 is 0 Å². The normalized spacial score (nSPS) is 11.1. The van der Waals surface area contributed by atoms with Crippen LogP contribution < -0.4 is 21.7 Å². The van der Waals surface area contributed by atoms with Gasteiger partial charge in [0.2, 0.25) is 11.8 Å². The number of hydrogen-bond acceptors (Lipinski definition) is 7. The van der Waals surface area contributed by atoms with E-state index in [0.29, 0.717) is 26.1 Å². The van der Waals surface area contributed by atoms with Gasteiger partial charge in [-0.2, -0.15) is 0 Å². The Hall–Kier alpha value is -3.85. The van der Waals surface area contributed by atoms with E-state index < -0.39 is 0 Å². The Morgan fingerprint density at radius 1 is 0.978 bits per heavy atom. The van der Waals surface area contributed by atoms with Crippen LogP contribution in [-0.2, 0) is 30.3 Å². The minimum atomic E-state index is -0.154. The van der Waals surface area contributed by atoms with Gasteiger partial charge in [0.05, 0.1) is 26.0 Å². The molecule has 1 aromatic rings. The second-order valence-electron chi connectivity index (χ2n) is 10.2. The Balaban J connectivity index is -0.00000120. The first-order chi connectivity index (χ1) is 22.3. The van der Waals surface area contributed by atoms with E-state index in [9.17, 15) is 9.59 Å². The SMILES string of the molecule is C/C=C\C=C/CC.C=C.CCCCN/C=C(\N)COCCCCCCCC(=O)NCC(=O)NC(C)Cc1ccccc1.COC=O. The number of rotatable bonds is 22. The second kappa shape index (κ2) is 39.2. The highest BCUT2D eigenvalue weighted by molar-refractivity contribution is 5.84. The van der Waals surface area contributed by atoms with Gasteiger partial charge in [-0.1, -0.05) is 94.2 Å². The lowest BCUT2D eigenvalue weighted by Crippen LogP contribution is -2.41. The largest absolute Gasteiger partial charge is 0.471 e. The first-order valence-electron chi connectivity index (χ1n) is 16.4. The van der Waals surface area contributed by atoms with Crippen molar-refractivity contribution >= 4 is 18.3 Å². The van der Waals surface area contributed by atoms with Gasteiger partial charge in [0.25, 0.3) is 6.47 Å². The fourth-order valence-corrected chi connectivity index (χ4v) is 3.67. The third-order valence-electron chi connectivity index (χ3n) is 5.93. The number of methoxy groups -OCH3 is 1. The standard InChI is InChI=1S/C26H44N4O3.C7H12.C2H4O2.C2H4/c1-3-4-16-28-19-24(27)21-33-17-12-7-5-6-11-15-25(31)29-20-26(32)30-22(2)18-23-13-9-8-10-14-23;1-3-5-7-6-4-2;1-4-2-3;1-2/h8-10,13-14,19,22,28H,3-7,11-12,15-18,20-21,27H2,1-2H3,(H,29,31)(H,30,32);3,5-7H,4H2,1-2H3;2H,1H3;1-2H2/b24-19-;5-3-,7-6-;;. The zero-order valence-electron chi connectivity index (χ0n) is 29.4. The molecule has 1 atom stereocenters. The highest BCUT2D eigenvalue weighted by Crippen LogP contribution is 2.06. The second-order valence-corrected chi connectivity index (χ2v) is 10.2. The zero-order valence-corrected chi connectivity index (χ0v) is 29.4. The molecule has 9 nitrogen and oxygen atoms in total. The molecule has 5 N–H and O–H groups in total. The van der Waals surface area contributed by atoms with Gasteiger partial charge in [0.15, 0.2) is 0 Å². The van der Waals surface area contributed by atoms with Crippen LogP contribution in [0.15, 0.2) is 79.7 Å². The number of allylic oxidation sites excluding steroid dienone is 4. The first-order valence-corrected chi connectivity index (χ1v) is 16.4. The van der Waals surface area contributed by atoms with Crippen molar-refractivity contribution in [2.75, 3.05) is 33.4 Å². The van der Waals surface area contributed by atoms with Crippen LogP contribution in [-0.4, -0.2) is 57.7 Å². The van der Waals surface area contributed by atoms with E-state index in [2.05, 4.69) is 59.8 Å². The van der Waals surface area contributed by atoms with Crippen LogP contribution in [0.4, 0.5) is 0 Å². The summed E-state index contributed by atoms with van der Waals surface area (Å²) in [5, 5.41) is 8.82. The summed E-state index contributed by atoms with van der Waals surface area (Å²) in [5.74, 6) is -0.224. The van der Waals surface area contributed by atoms with Crippen molar-refractivity contribution in [1.82, 2.24) is 16.0 Å². The van der Waals surface area contributed by atoms with Gasteiger partial charge in [0.1, 0.15) is 0 Å². The smallest absolute Gasteiger partial charge is 0.292 e. The molecule has 0 aliphatic heterocycles. The van der Waals surface area contributed by atoms with Gasteiger partial charge in [0, 0.05) is 31.8 Å². The van der Waals surface area contributed by atoms with Gasteiger partial charge < -0.3 is 31.2 Å². The van der Waals surface area contributed by atoms with Crippen molar-refractivity contribution in [2.45, 2.75) is 97.9 Å². The molecule has 0 saturated heterocycles. The Labute approximate surface area is 280 Å². The molecule has 1 aromatic carbocycles. The van der Waals surface area contributed by atoms with Gasteiger partial charge in [-0.3, -0.25) is 14.4 Å². The summed E-state index contributed by atoms with van der Waals surface area (Å²) in [6.07, 6.45) is 19.7. The zero-order chi connectivity index (χ0) is 35.1. The maximum Gasteiger partial charge on any atom is 0.292 e. The molecule has 0 radical (unpaired) electrons. The average Bonchev–Trinajstić information content (AvgIpc) is 3.07. The number of unbranched alkanes of at least 4 members (excludes halogenated alkanes) is 5. The van der Waals surface area contributed by atoms with Crippen molar-refractivity contribution in [1.29, 1.82) is 0 Å². The molecule has 0 aromatic heterocycles. The molecule has 0 heterocycles. The summed E-state index contributed by atoms with van der Waals surface area (Å²) >= 11 is 0. The molecule has 0 bridgehead atoms. The number of ether oxygens (including phenoxy) is 2. The fourth-order valence-electron chi connectivity index (χ4n) is 3.67. The summed E-state index contributed by atoms with van der Waals surface area (Å²) in [6, 6.07) is 10.1. The minimum absolute atomic E-state index is 0.0238. The molecule has 0 saturated carbocycles. The molecule has 1 rings (SSSR count). The maximum absolute atomic E-state index is 12.0. The van der Waals surface area contributed by atoms with E-state index in [-0.39, 0.29) is 24.4 Å². The predicted molar refractivity (Wildman–Crippen MR) is 193 cm³/mol. The molecular weight excluding hydrogens is 580 g/mol. The Morgan fingerprint density at radius 2 is 1.63 bits per heavy atom. The highest BCUT2D eigenvalue weighted by atomic mass is 16.5. The van der Waals surface area contributed by atoms with Gasteiger partial charge >= 0.3 is 0 Å². The lowest BCUT2D eigenvalue weighted by molar-refractivity contribution is -0.126. The van der Waals surface area contributed by atoms with E-state index in [0.717, 1.165) is 70.0 Å². The van der Waals surface area contributed by atoms with E-state index >= 15 is 0 Å². The van der Waals surface area contributed by atoms with Gasteiger partial charge in [-0.05, 0) is 51.5 Å². The van der Waals surface area contributed by atoms with E-state index in [1.807, 2.05) is 62.5 Å². The maximum atomic E-state index is 12.0. The predicted octanol–water partition coefficient (Wildman–Crippen LogP) is 6.52. The van der Waals surface area contributed by atoms with E-state index in [1.54, 1.807) is 0 Å². The van der Waals surface area contributed by atoms with Crippen molar-refractivity contribution in [3.05, 3.63) is 85.3 Å². The topological polar surface area (TPSA) is 132 Å².